The minimum atomic E-state index is -0.137. The molecule has 0 fully saturated rings. The molecule has 1 N–H and O–H groups in total. The molecule has 1 heterocycles. The van der Waals surface area contributed by atoms with Crippen molar-refractivity contribution < 1.29 is 9.52 Å². The van der Waals surface area contributed by atoms with Crippen molar-refractivity contribution in [3.05, 3.63) is 39.1 Å². The van der Waals surface area contributed by atoms with Crippen LogP contribution in [0.5, 0.6) is 0 Å². The van der Waals surface area contributed by atoms with Crippen molar-refractivity contribution in [1.82, 2.24) is 4.98 Å². The molecule has 0 radical (unpaired) electrons. The van der Waals surface area contributed by atoms with Gasteiger partial charge in [0.1, 0.15) is 12.4 Å². The van der Waals surface area contributed by atoms with Crippen molar-refractivity contribution >= 4 is 31.9 Å². The molecule has 5 heteroatoms. The molecule has 78 valence electrons. The highest BCUT2D eigenvalue weighted by Gasteiger charge is 2.07. The summed E-state index contributed by atoms with van der Waals surface area (Å²) in [6, 6.07) is 5.73. The minimum Gasteiger partial charge on any atom is -0.439 e. The van der Waals surface area contributed by atoms with Crippen molar-refractivity contribution in [2.24, 2.45) is 0 Å². The molecule has 0 spiro atoms. The Morgan fingerprint density at radius 3 is 2.40 bits per heavy atom. The fraction of sp³-hybridized carbons (Fsp3) is 0.100. The Morgan fingerprint density at radius 1 is 1.20 bits per heavy atom. The van der Waals surface area contributed by atoms with Gasteiger partial charge in [-0.2, -0.15) is 0 Å². The summed E-state index contributed by atoms with van der Waals surface area (Å²) >= 11 is 6.77. The number of aliphatic hydroxyl groups excluding tert-OH is 1. The first-order valence-corrected chi connectivity index (χ1v) is 5.79. The van der Waals surface area contributed by atoms with E-state index in [1.54, 1.807) is 0 Å². The van der Waals surface area contributed by atoms with Gasteiger partial charge in [0.2, 0.25) is 5.89 Å². The van der Waals surface area contributed by atoms with Crippen LogP contribution in [0.4, 0.5) is 0 Å². The van der Waals surface area contributed by atoms with Crippen LogP contribution in [-0.2, 0) is 6.61 Å². The summed E-state index contributed by atoms with van der Waals surface area (Å²) in [5, 5.41) is 8.85. The Hall–Kier alpha value is -0.650. The number of hydrogen-bond acceptors (Lipinski definition) is 3. The first-order chi connectivity index (χ1) is 7.19. The third-order valence-electron chi connectivity index (χ3n) is 1.82. The third kappa shape index (κ3) is 2.48. The average molecular weight is 333 g/mol. The van der Waals surface area contributed by atoms with Gasteiger partial charge < -0.3 is 9.52 Å². The van der Waals surface area contributed by atoms with Crippen LogP contribution in [0, 0.1) is 0 Å². The number of aromatic nitrogens is 1. The quantitative estimate of drug-likeness (QED) is 0.917. The van der Waals surface area contributed by atoms with Crippen molar-refractivity contribution in [3.8, 4) is 11.5 Å². The third-order valence-corrected chi connectivity index (χ3v) is 2.73. The van der Waals surface area contributed by atoms with Crippen LogP contribution in [0.2, 0.25) is 0 Å². The summed E-state index contributed by atoms with van der Waals surface area (Å²) in [5.41, 5.74) is 0.857. The number of benzene rings is 1. The van der Waals surface area contributed by atoms with E-state index >= 15 is 0 Å². The maximum atomic E-state index is 8.85. The second kappa shape index (κ2) is 4.47. The highest BCUT2D eigenvalue weighted by Crippen LogP contribution is 2.27. The molecule has 0 bridgehead atoms. The molecule has 0 atom stereocenters. The monoisotopic (exact) mass is 331 g/mol. The topological polar surface area (TPSA) is 46.3 Å². The van der Waals surface area contributed by atoms with Gasteiger partial charge in [-0.15, -0.1) is 0 Å². The van der Waals surface area contributed by atoms with Crippen LogP contribution in [0.25, 0.3) is 11.5 Å². The van der Waals surface area contributed by atoms with Crippen LogP contribution < -0.4 is 0 Å². The summed E-state index contributed by atoms with van der Waals surface area (Å²) in [6.45, 7) is -0.137. The molecule has 0 unspecified atom stereocenters. The van der Waals surface area contributed by atoms with E-state index in [4.69, 9.17) is 9.52 Å². The fourth-order valence-electron chi connectivity index (χ4n) is 1.19. The second-order valence-corrected chi connectivity index (χ2v) is 4.78. The Morgan fingerprint density at radius 2 is 1.87 bits per heavy atom. The van der Waals surface area contributed by atoms with Crippen molar-refractivity contribution in [1.29, 1.82) is 0 Å². The highest BCUT2D eigenvalue weighted by atomic mass is 79.9. The lowest BCUT2D eigenvalue weighted by atomic mass is 10.2. The number of aliphatic hydroxyl groups is 1. The van der Waals surface area contributed by atoms with E-state index in [0.717, 1.165) is 14.5 Å². The molecule has 2 rings (SSSR count). The Bertz CT molecular complexity index is 462. The lowest BCUT2D eigenvalue weighted by molar-refractivity contribution is 0.248. The Labute approximate surface area is 103 Å². The molecule has 2 aromatic rings. The van der Waals surface area contributed by atoms with Crippen LogP contribution in [-0.4, -0.2) is 10.1 Å². The SMILES string of the molecule is OCc1cnc(-c2cc(Br)cc(Br)c2)o1. The van der Waals surface area contributed by atoms with Gasteiger partial charge in [0.15, 0.2) is 0 Å². The van der Waals surface area contributed by atoms with E-state index in [9.17, 15) is 0 Å². The number of hydrogen-bond donors (Lipinski definition) is 1. The molecule has 0 aliphatic rings. The number of nitrogens with zero attached hydrogens (tertiary/aromatic N) is 1. The van der Waals surface area contributed by atoms with Crippen LogP contribution >= 0.6 is 31.9 Å². The number of rotatable bonds is 2. The van der Waals surface area contributed by atoms with Gasteiger partial charge in [-0.05, 0) is 18.2 Å². The van der Waals surface area contributed by atoms with E-state index in [1.165, 1.54) is 6.20 Å². The number of oxazole rings is 1. The molecule has 0 aliphatic carbocycles. The van der Waals surface area contributed by atoms with Gasteiger partial charge in [0, 0.05) is 14.5 Å². The van der Waals surface area contributed by atoms with Crippen LogP contribution in [0.3, 0.4) is 0 Å². The van der Waals surface area contributed by atoms with Crippen molar-refractivity contribution in [2.45, 2.75) is 6.61 Å². The predicted molar refractivity (Wildman–Crippen MR) is 63.3 cm³/mol. The molecule has 0 saturated heterocycles. The summed E-state index contributed by atoms with van der Waals surface area (Å²) in [5.74, 6) is 0.960. The molecule has 1 aromatic heterocycles. The molecule has 3 nitrogen and oxygen atoms in total. The number of halogens is 2. The van der Waals surface area contributed by atoms with Gasteiger partial charge in [0.05, 0.1) is 6.20 Å². The van der Waals surface area contributed by atoms with Crippen molar-refractivity contribution in [2.75, 3.05) is 0 Å². The standard InChI is InChI=1S/C10H7Br2NO2/c11-7-1-6(2-8(12)3-7)10-13-4-9(5-14)15-10/h1-4,14H,5H2. The first kappa shape index (κ1) is 10.9. The average Bonchev–Trinajstić information content (AvgIpc) is 2.64. The van der Waals surface area contributed by atoms with Gasteiger partial charge in [0.25, 0.3) is 0 Å². The van der Waals surface area contributed by atoms with Crippen LogP contribution in [0.15, 0.2) is 37.8 Å². The molecule has 0 amide bonds. The maximum absolute atomic E-state index is 8.85. The second-order valence-electron chi connectivity index (χ2n) is 2.95. The fourth-order valence-corrected chi connectivity index (χ4v) is 2.49. The zero-order chi connectivity index (χ0) is 10.8. The smallest absolute Gasteiger partial charge is 0.226 e. The lowest BCUT2D eigenvalue weighted by Gasteiger charge is -1.98. The van der Waals surface area contributed by atoms with Crippen LogP contribution in [0.1, 0.15) is 5.76 Å². The molecule has 0 aliphatic heterocycles. The maximum Gasteiger partial charge on any atom is 0.226 e. The molecular weight excluding hydrogens is 326 g/mol. The van der Waals surface area contributed by atoms with E-state index in [0.29, 0.717) is 11.7 Å². The van der Waals surface area contributed by atoms with Gasteiger partial charge in [-0.3, -0.25) is 0 Å². The van der Waals surface area contributed by atoms with Gasteiger partial charge in [-0.1, -0.05) is 31.9 Å². The van der Waals surface area contributed by atoms with E-state index in [-0.39, 0.29) is 6.61 Å². The highest BCUT2D eigenvalue weighted by molar-refractivity contribution is 9.11. The van der Waals surface area contributed by atoms with E-state index < -0.39 is 0 Å². The van der Waals surface area contributed by atoms with E-state index in [2.05, 4.69) is 36.8 Å². The largest absolute Gasteiger partial charge is 0.439 e. The van der Waals surface area contributed by atoms with E-state index in [1.807, 2.05) is 18.2 Å². The molecular formula is C10H7Br2NO2. The summed E-state index contributed by atoms with van der Waals surface area (Å²) in [6.07, 6.45) is 1.52. The zero-order valence-corrected chi connectivity index (χ0v) is 10.7. The Balaban J connectivity index is 2.44. The molecule has 15 heavy (non-hydrogen) atoms. The van der Waals surface area contributed by atoms with Crippen molar-refractivity contribution in [3.63, 3.8) is 0 Å². The van der Waals surface area contributed by atoms with Gasteiger partial charge in [-0.25, -0.2) is 4.98 Å². The normalized spacial score (nSPS) is 10.6. The summed E-state index contributed by atoms with van der Waals surface area (Å²) in [4.78, 5) is 4.07. The summed E-state index contributed by atoms with van der Waals surface area (Å²) < 4.78 is 7.21. The minimum absolute atomic E-state index is 0.137. The zero-order valence-electron chi connectivity index (χ0n) is 7.58. The predicted octanol–water partition coefficient (Wildman–Crippen LogP) is 3.36. The lowest BCUT2D eigenvalue weighted by Crippen LogP contribution is -1.78. The molecule has 0 saturated carbocycles. The Kier molecular flexibility index (Phi) is 3.23. The molecule has 1 aromatic carbocycles. The first-order valence-electron chi connectivity index (χ1n) is 4.21. The summed E-state index contributed by atoms with van der Waals surface area (Å²) in [7, 11) is 0. The van der Waals surface area contributed by atoms with Gasteiger partial charge >= 0.3 is 0 Å².